The molecule has 1 atom stereocenters. The van der Waals surface area contributed by atoms with Crippen molar-refractivity contribution in [3.05, 3.63) is 48.2 Å². The Morgan fingerprint density at radius 1 is 1.28 bits per heavy atom. The van der Waals surface area contributed by atoms with E-state index in [0.717, 1.165) is 41.7 Å². The highest BCUT2D eigenvalue weighted by Gasteiger charge is 2.41. The number of aliphatic hydroxyl groups is 1. The second-order valence-electron chi connectivity index (χ2n) is 7.47. The first-order valence-corrected chi connectivity index (χ1v) is 10.0. The summed E-state index contributed by atoms with van der Waals surface area (Å²) in [5.41, 5.74) is 0.722. The molecule has 0 saturated heterocycles. The number of H-pyrrole nitrogens is 1. The third-order valence-electron chi connectivity index (χ3n) is 5.45. The van der Waals surface area contributed by atoms with Crippen LogP contribution < -0.4 is 16.0 Å². The average molecular weight is 394 g/mol. The van der Waals surface area contributed by atoms with Crippen LogP contribution in [0.25, 0.3) is 10.9 Å². The third-order valence-corrected chi connectivity index (χ3v) is 5.45. The maximum absolute atomic E-state index is 12.7. The lowest BCUT2D eigenvalue weighted by Crippen LogP contribution is -2.45. The molecule has 2 amide bonds. The first kappa shape index (κ1) is 19.2. The zero-order chi connectivity index (χ0) is 20.3. The number of hydrogen-bond acceptors (Lipinski definition) is 5. The molecule has 1 saturated carbocycles. The number of nitrogens with zero attached hydrogens (tertiary/aromatic N) is 2. The predicted octanol–water partition coefficient (Wildman–Crippen LogP) is 3.56. The van der Waals surface area contributed by atoms with E-state index in [9.17, 15) is 9.90 Å². The van der Waals surface area contributed by atoms with Crippen LogP contribution in [0.4, 0.5) is 16.4 Å². The summed E-state index contributed by atoms with van der Waals surface area (Å²) in [6.07, 6.45) is 4.91. The molecule has 152 valence electrons. The maximum atomic E-state index is 12.7. The van der Waals surface area contributed by atoms with Crippen LogP contribution in [0.5, 0.6) is 0 Å². The van der Waals surface area contributed by atoms with Gasteiger partial charge in [-0.25, -0.2) is 9.78 Å². The molecule has 1 aromatic carbocycles. The molecule has 8 heteroatoms. The lowest BCUT2D eigenvalue weighted by atomic mass is 9.87. The summed E-state index contributed by atoms with van der Waals surface area (Å²) in [6.45, 7) is 2.75. The lowest BCUT2D eigenvalue weighted by Gasteiger charge is -2.33. The van der Waals surface area contributed by atoms with Gasteiger partial charge < -0.3 is 15.7 Å². The van der Waals surface area contributed by atoms with Gasteiger partial charge in [-0.05, 0) is 25.3 Å². The van der Waals surface area contributed by atoms with Crippen LogP contribution in [0.3, 0.4) is 0 Å². The van der Waals surface area contributed by atoms with Gasteiger partial charge in [0.05, 0.1) is 22.5 Å². The predicted molar refractivity (Wildman–Crippen MR) is 113 cm³/mol. The largest absolute Gasteiger partial charge is 0.387 e. The van der Waals surface area contributed by atoms with Gasteiger partial charge >= 0.3 is 6.03 Å². The molecule has 3 aromatic rings. The minimum atomic E-state index is -0.944. The maximum Gasteiger partial charge on any atom is 0.320 e. The van der Waals surface area contributed by atoms with E-state index in [1.165, 1.54) is 0 Å². The summed E-state index contributed by atoms with van der Waals surface area (Å²) in [5, 5.41) is 28.1. The van der Waals surface area contributed by atoms with Crippen molar-refractivity contribution in [2.24, 2.45) is 0 Å². The molecule has 2 heterocycles. The highest BCUT2D eigenvalue weighted by molar-refractivity contribution is 5.94. The van der Waals surface area contributed by atoms with Gasteiger partial charge in [0, 0.05) is 18.8 Å². The number of hydrogen-bond donors (Lipinski definition) is 5. The number of carbonyl (C=O) groups is 1. The van der Waals surface area contributed by atoms with Crippen LogP contribution in [0.15, 0.2) is 42.6 Å². The van der Waals surface area contributed by atoms with E-state index in [1.807, 2.05) is 37.3 Å². The molecule has 0 spiro atoms. The fourth-order valence-electron chi connectivity index (χ4n) is 4.02. The van der Waals surface area contributed by atoms with Crippen molar-refractivity contribution in [1.29, 1.82) is 0 Å². The van der Waals surface area contributed by atoms with Crippen molar-refractivity contribution >= 4 is 28.6 Å². The van der Waals surface area contributed by atoms with E-state index in [0.29, 0.717) is 18.7 Å². The zero-order valence-electron chi connectivity index (χ0n) is 16.4. The Balaban J connectivity index is 1.51. The molecule has 8 nitrogen and oxygen atoms in total. The molecule has 29 heavy (non-hydrogen) atoms. The molecule has 1 unspecified atom stereocenters. The van der Waals surface area contributed by atoms with E-state index < -0.39 is 17.7 Å². The van der Waals surface area contributed by atoms with Gasteiger partial charge in [-0.3, -0.25) is 10.4 Å². The van der Waals surface area contributed by atoms with E-state index >= 15 is 0 Å². The van der Waals surface area contributed by atoms with E-state index in [1.54, 1.807) is 12.3 Å². The highest BCUT2D eigenvalue weighted by Crippen LogP contribution is 2.39. The van der Waals surface area contributed by atoms with E-state index in [4.69, 9.17) is 0 Å². The molecule has 0 aliphatic heterocycles. The Kier molecular flexibility index (Phi) is 5.35. The molecule has 1 fully saturated rings. The minimum absolute atomic E-state index is 0.405. The first-order chi connectivity index (χ1) is 14.1. The number of rotatable bonds is 6. The van der Waals surface area contributed by atoms with Crippen LogP contribution in [0, 0.1) is 0 Å². The van der Waals surface area contributed by atoms with Crippen LogP contribution in [-0.4, -0.2) is 38.5 Å². The lowest BCUT2D eigenvalue weighted by molar-refractivity contribution is 0.0113. The fraction of sp³-hybridized carbons (Fsp3) is 0.381. The Hall–Kier alpha value is -3.13. The topological polar surface area (TPSA) is 115 Å². The summed E-state index contributed by atoms with van der Waals surface area (Å²) in [7, 11) is 0. The number of carbonyl (C=O) groups excluding carboxylic acids is 1. The van der Waals surface area contributed by atoms with Gasteiger partial charge in [0.25, 0.3) is 0 Å². The zero-order valence-corrected chi connectivity index (χ0v) is 16.4. The van der Waals surface area contributed by atoms with Crippen molar-refractivity contribution in [3.8, 4) is 0 Å². The van der Waals surface area contributed by atoms with Crippen LogP contribution in [0.1, 0.15) is 44.2 Å². The minimum Gasteiger partial charge on any atom is -0.387 e. The summed E-state index contributed by atoms with van der Waals surface area (Å²) < 4.78 is 0. The molecule has 4 rings (SSSR count). The average Bonchev–Trinajstić information content (AvgIpc) is 3.34. The first-order valence-electron chi connectivity index (χ1n) is 10.0. The third kappa shape index (κ3) is 4.02. The number of fused-ring (bicyclic) bond motifs is 1. The quantitative estimate of drug-likeness (QED) is 0.438. The number of benzene rings is 1. The summed E-state index contributed by atoms with van der Waals surface area (Å²) >= 11 is 0. The van der Waals surface area contributed by atoms with Gasteiger partial charge in [-0.15, -0.1) is 0 Å². The normalized spacial score (nSPS) is 16.5. The molecular weight excluding hydrogens is 368 g/mol. The second kappa shape index (κ2) is 8.08. The summed E-state index contributed by atoms with van der Waals surface area (Å²) in [4.78, 5) is 17.0. The molecule has 0 bridgehead atoms. The van der Waals surface area contributed by atoms with Crippen molar-refractivity contribution in [2.45, 2.75) is 44.2 Å². The number of aromatic amines is 1. The molecule has 1 aliphatic carbocycles. The smallest absolute Gasteiger partial charge is 0.320 e. The number of anilines is 2. The molecular formula is C21H26N6O2. The SMILES string of the molecule is CCNc1n[nH]c2cc(NC(=O)NC(c3ccccc3)C3(O)CCCC3)ncc12. The number of aromatic nitrogens is 3. The number of urea groups is 1. The van der Waals surface area contributed by atoms with Crippen molar-refractivity contribution in [1.82, 2.24) is 20.5 Å². The Morgan fingerprint density at radius 3 is 2.76 bits per heavy atom. The monoisotopic (exact) mass is 394 g/mol. The van der Waals surface area contributed by atoms with Crippen molar-refractivity contribution < 1.29 is 9.90 Å². The van der Waals surface area contributed by atoms with Gasteiger partial charge in [-0.2, -0.15) is 5.10 Å². The standard InChI is InChI=1S/C21H26N6O2/c1-2-22-19-15-13-23-17(12-16(15)26-27-19)24-20(28)25-18(14-8-4-3-5-9-14)21(29)10-6-7-11-21/h3-5,8-9,12-13,18,29H,2,6-7,10-11H2,1H3,(H2,22,26,27)(H2,23,24,25,28). The van der Waals surface area contributed by atoms with Crippen LogP contribution in [-0.2, 0) is 0 Å². The highest BCUT2D eigenvalue weighted by atomic mass is 16.3. The van der Waals surface area contributed by atoms with Crippen LogP contribution >= 0.6 is 0 Å². The molecule has 2 aromatic heterocycles. The number of amides is 2. The van der Waals surface area contributed by atoms with Crippen molar-refractivity contribution in [3.63, 3.8) is 0 Å². The van der Waals surface area contributed by atoms with E-state index in [2.05, 4.69) is 31.1 Å². The summed E-state index contributed by atoms with van der Waals surface area (Å²) in [5.74, 6) is 1.14. The van der Waals surface area contributed by atoms with E-state index in [-0.39, 0.29) is 0 Å². The Bertz CT molecular complexity index is 981. The van der Waals surface area contributed by atoms with Gasteiger partial charge in [0.15, 0.2) is 5.82 Å². The number of pyridine rings is 1. The fourth-order valence-corrected chi connectivity index (χ4v) is 4.02. The number of nitrogens with one attached hydrogen (secondary N) is 4. The Morgan fingerprint density at radius 2 is 2.03 bits per heavy atom. The van der Waals surface area contributed by atoms with Gasteiger partial charge in [-0.1, -0.05) is 43.2 Å². The molecule has 1 aliphatic rings. The van der Waals surface area contributed by atoms with Gasteiger partial charge in [0.2, 0.25) is 0 Å². The Labute approximate surface area is 169 Å². The molecule has 0 radical (unpaired) electrons. The molecule has 5 N–H and O–H groups in total. The summed E-state index contributed by atoms with van der Waals surface area (Å²) in [6, 6.07) is 10.5. The van der Waals surface area contributed by atoms with Gasteiger partial charge in [0.1, 0.15) is 5.82 Å². The second-order valence-corrected chi connectivity index (χ2v) is 7.47. The van der Waals surface area contributed by atoms with Crippen molar-refractivity contribution in [2.75, 3.05) is 17.2 Å². The van der Waals surface area contributed by atoms with Crippen LogP contribution in [0.2, 0.25) is 0 Å².